The van der Waals surface area contributed by atoms with E-state index in [2.05, 4.69) is 122 Å². The van der Waals surface area contributed by atoms with E-state index in [1.54, 1.807) is 0 Å². The molecule has 0 aliphatic heterocycles. The molecule has 0 nitrogen and oxygen atoms in total. The summed E-state index contributed by atoms with van der Waals surface area (Å²) < 4.78 is 0. The molecule has 4 aromatic rings. The molecule has 0 atom stereocenters. The van der Waals surface area contributed by atoms with Crippen LogP contribution in [0.15, 0.2) is 66.7 Å². The zero-order valence-corrected chi connectivity index (χ0v) is 26.3. The molecular formula is C32H42Cl2Zr-4. The van der Waals surface area contributed by atoms with Crippen molar-refractivity contribution < 1.29 is 51.0 Å². The summed E-state index contributed by atoms with van der Waals surface area (Å²) in [7, 11) is 0. The van der Waals surface area contributed by atoms with Crippen molar-refractivity contribution in [3.63, 3.8) is 0 Å². The summed E-state index contributed by atoms with van der Waals surface area (Å²) in [5.41, 5.74) is 4.40. The van der Waals surface area contributed by atoms with Crippen molar-refractivity contribution in [1.82, 2.24) is 0 Å². The molecule has 0 amide bonds. The first-order valence-electron chi connectivity index (χ1n) is 12.2. The average Bonchev–Trinajstić information content (AvgIpc) is 3.43. The molecule has 0 bridgehead atoms. The first kappa shape index (κ1) is 36.3. The van der Waals surface area contributed by atoms with Crippen LogP contribution in [0, 0.1) is 13.8 Å². The molecule has 0 N–H and O–H groups in total. The van der Waals surface area contributed by atoms with E-state index < -0.39 is 0 Å². The van der Waals surface area contributed by atoms with E-state index in [1.807, 2.05) is 0 Å². The second kappa shape index (κ2) is 18.4. The van der Waals surface area contributed by atoms with Crippen molar-refractivity contribution >= 4 is 21.5 Å². The molecule has 0 fully saturated rings. The second-order valence-corrected chi connectivity index (χ2v) is 9.50. The van der Waals surface area contributed by atoms with Crippen LogP contribution in [0.1, 0.15) is 95.2 Å². The summed E-state index contributed by atoms with van der Waals surface area (Å²) >= 11 is 0. The Bertz CT molecular complexity index is 1030. The maximum Gasteiger partial charge on any atom is 2.00 e. The smallest absolute Gasteiger partial charge is 1.00 e. The number of halogens is 2. The van der Waals surface area contributed by atoms with Gasteiger partial charge in [0.1, 0.15) is 0 Å². The van der Waals surface area contributed by atoms with Crippen LogP contribution in [0.25, 0.3) is 21.5 Å². The summed E-state index contributed by atoms with van der Waals surface area (Å²) in [6.07, 6.45) is 3.23. The van der Waals surface area contributed by atoms with Gasteiger partial charge in [0.15, 0.2) is 0 Å². The van der Waals surface area contributed by atoms with E-state index in [-0.39, 0.29) is 51.0 Å². The van der Waals surface area contributed by atoms with Crippen molar-refractivity contribution in [2.75, 3.05) is 0 Å². The van der Waals surface area contributed by atoms with Crippen LogP contribution in [0.3, 0.4) is 0 Å². The second-order valence-electron chi connectivity index (χ2n) is 9.50. The minimum absolute atomic E-state index is 0. The Labute approximate surface area is 247 Å². The summed E-state index contributed by atoms with van der Waals surface area (Å²) in [4.78, 5) is 0. The first-order chi connectivity index (χ1) is 15.3. The maximum atomic E-state index is 3.64. The Morgan fingerprint density at radius 2 is 1.11 bits per heavy atom. The SMILES string of the molecule is CC(C)c1ccc(C(C)C)c2[cH-]ccc12.CC(C)c1cccc2[cH-]ccc12.[CH2-]CCC[CH2-].[Cl-].[Cl-].[Zr+2]. The molecule has 0 saturated heterocycles. The fraction of sp³-hybridized carbons (Fsp3) is 0.375. The van der Waals surface area contributed by atoms with Gasteiger partial charge in [-0.1, -0.05) is 70.7 Å². The summed E-state index contributed by atoms with van der Waals surface area (Å²) in [5, 5.41) is 5.65. The number of unbranched alkanes of at least 4 members (excludes halogenated alkanes) is 2. The Morgan fingerprint density at radius 1 is 0.629 bits per heavy atom. The fourth-order valence-electron chi connectivity index (χ4n) is 4.16. The van der Waals surface area contributed by atoms with Crippen molar-refractivity contribution in [2.45, 2.75) is 78.6 Å². The minimum Gasteiger partial charge on any atom is -1.00 e. The van der Waals surface area contributed by atoms with Crippen molar-refractivity contribution in [2.24, 2.45) is 0 Å². The average molecular weight is 589 g/mol. The van der Waals surface area contributed by atoms with Gasteiger partial charge in [-0.3, -0.25) is 0 Å². The summed E-state index contributed by atoms with van der Waals surface area (Å²) in [6.45, 7) is 20.8. The third-order valence-corrected chi connectivity index (χ3v) is 5.96. The van der Waals surface area contributed by atoms with Crippen LogP contribution < -0.4 is 24.8 Å². The van der Waals surface area contributed by atoms with E-state index in [0.717, 1.165) is 12.8 Å². The Hall–Kier alpha value is -0.877. The molecule has 0 aromatic heterocycles. The molecule has 4 rings (SSSR count). The van der Waals surface area contributed by atoms with Crippen LogP contribution >= 0.6 is 0 Å². The van der Waals surface area contributed by atoms with Crippen LogP contribution in [0.5, 0.6) is 0 Å². The molecule has 35 heavy (non-hydrogen) atoms. The van der Waals surface area contributed by atoms with Crippen LogP contribution in [-0.4, -0.2) is 0 Å². The summed E-state index contributed by atoms with van der Waals surface area (Å²) in [5.74, 6) is 1.84. The minimum atomic E-state index is 0. The van der Waals surface area contributed by atoms with Gasteiger partial charge in [-0.15, -0.1) is 63.9 Å². The molecule has 0 unspecified atom stereocenters. The third kappa shape index (κ3) is 10.2. The Kier molecular flexibility index (Phi) is 19.1. The van der Waals surface area contributed by atoms with E-state index in [1.165, 1.54) is 44.7 Å². The largest absolute Gasteiger partial charge is 2.00 e. The summed E-state index contributed by atoms with van der Waals surface area (Å²) in [6, 6.07) is 24.3. The zero-order valence-electron chi connectivity index (χ0n) is 22.4. The maximum absolute atomic E-state index is 3.64. The van der Waals surface area contributed by atoms with Gasteiger partial charge in [0.2, 0.25) is 0 Å². The molecule has 0 spiro atoms. The van der Waals surface area contributed by atoms with Gasteiger partial charge in [0.25, 0.3) is 0 Å². The van der Waals surface area contributed by atoms with Crippen LogP contribution in [0.2, 0.25) is 0 Å². The molecule has 0 saturated carbocycles. The van der Waals surface area contributed by atoms with Crippen molar-refractivity contribution in [3.8, 4) is 0 Å². The molecular weight excluding hydrogens is 546 g/mol. The number of fused-ring (bicyclic) bond motifs is 2. The molecule has 4 aromatic carbocycles. The monoisotopic (exact) mass is 586 g/mol. The fourth-order valence-corrected chi connectivity index (χ4v) is 4.16. The van der Waals surface area contributed by atoms with Crippen LogP contribution in [0.4, 0.5) is 0 Å². The van der Waals surface area contributed by atoms with Gasteiger partial charge in [0.05, 0.1) is 0 Å². The normalized spacial score (nSPS) is 10.1. The molecule has 0 radical (unpaired) electrons. The standard InChI is InChI=1S/C15H19.C12H13.C5H10.2ClH.Zr/c1-10(2)12-8-9-13(11(3)4)15-7-5-6-14(12)15;1-9(2)11-7-3-5-10-6-4-8-12(10)11;1-3-5-4-2;;;/h5-11H,1-4H3;3-9H,1-2H3;1-5H2;2*1H;/q2*-1;-2;;;+2/p-2. The molecule has 0 aliphatic rings. The van der Waals surface area contributed by atoms with E-state index in [0.29, 0.717) is 17.8 Å². The quantitative estimate of drug-likeness (QED) is 0.305. The number of benzene rings is 2. The molecule has 0 heterocycles. The van der Waals surface area contributed by atoms with E-state index in [4.69, 9.17) is 0 Å². The third-order valence-electron chi connectivity index (χ3n) is 5.96. The van der Waals surface area contributed by atoms with E-state index in [9.17, 15) is 0 Å². The van der Waals surface area contributed by atoms with E-state index >= 15 is 0 Å². The number of hydrogen-bond acceptors (Lipinski definition) is 0. The van der Waals surface area contributed by atoms with Gasteiger partial charge in [-0.25, -0.2) is 0 Å². The van der Waals surface area contributed by atoms with Gasteiger partial charge < -0.3 is 38.7 Å². The number of rotatable bonds is 5. The Morgan fingerprint density at radius 3 is 1.63 bits per heavy atom. The van der Waals surface area contributed by atoms with Crippen molar-refractivity contribution in [3.05, 3.63) is 97.3 Å². The Balaban J connectivity index is 0. The molecule has 192 valence electrons. The predicted octanol–water partition coefficient (Wildman–Crippen LogP) is 4.32. The van der Waals surface area contributed by atoms with Crippen LogP contribution in [-0.2, 0) is 26.2 Å². The predicted molar refractivity (Wildman–Crippen MR) is 146 cm³/mol. The first-order valence-corrected chi connectivity index (χ1v) is 12.2. The molecule has 3 heteroatoms. The van der Waals surface area contributed by atoms with Gasteiger partial charge in [0, 0.05) is 0 Å². The zero-order chi connectivity index (χ0) is 23.7. The van der Waals surface area contributed by atoms with Gasteiger partial charge in [-0.05, 0) is 11.8 Å². The van der Waals surface area contributed by atoms with Gasteiger partial charge >= 0.3 is 26.2 Å². The van der Waals surface area contributed by atoms with Gasteiger partial charge in [-0.2, -0.15) is 37.1 Å². The topological polar surface area (TPSA) is 0 Å². The van der Waals surface area contributed by atoms with Crippen molar-refractivity contribution in [1.29, 1.82) is 0 Å². The number of hydrogen-bond donors (Lipinski definition) is 0. The molecule has 0 aliphatic carbocycles.